The van der Waals surface area contributed by atoms with Crippen molar-refractivity contribution < 1.29 is 20.8 Å². The van der Waals surface area contributed by atoms with Gasteiger partial charge in [-0.2, -0.15) is 0 Å². The van der Waals surface area contributed by atoms with Crippen molar-refractivity contribution in [3.63, 3.8) is 0 Å². The molecule has 0 heterocycles. The Labute approximate surface area is 59.4 Å². The minimum Gasteiger partial charge on any atom is -0.480 e. The van der Waals surface area contributed by atoms with Gasteiger partial charge in [0.2, 0.25) is 0 Å². The number of carboxylic acid groups (broad SMARTS) is 1. The van der Waals surface area contributed by atoms with E-state index < -0.39 is 25.0 Å². The molecule has 0 saturated carbocycles. The molecule has 0 saturated heterocycles. The lowest BCUT2D eigenvalue weighted by atomic mass is 10.4. The van der Waals surface area contributed by atoms with Gasteiger partial charge in [-0.15, -0.1) is 0 Å². The number of amides is 1. The van der Waals surface area contributed by atoms with Crippen LogP contribution in [0.4, 0.5) is 4.79 Å². The second-order valence-corrected chi connectivity index (χ2v) is 1.53. The predicted molar refractivity (Wildman–Crippen MR) is 32.6 cm³/mol. The number of methoxy groups -OCH3 is 1. The van der Waals surface area contributed by atoms with Gasteiger partial charge in [-0.1, -0.05) is 0 Å². The molecule has 1 amide bonds. The van der Waals surface area contributed by atoms with Crippen LogP contribution in [0, 0.1) is 0 Å². The zero-order chi connectivity index (χ0) is 8.85. The first kappa shape index (κ1) is 6.85. The van der Waals surface area contributed by atoms with E-state index >= 15 is 0 Å². The van der Waals surface area contributed by atoms with Crippen LogP contribution in [0.2, 0.25) is 0 Å². The first-order valence-electron chi connectivity index (χ1n) is 3.19. The fraction of sp³-hybridized carbons (Fsp3) is 0.600. The topological polar surface area (TPSA) is 75.6 Å². The standard InChI is InChI=1S/C5H9NO4/c1-3(4(7)8)6-5(9)10-2/h3H,1-2H3,(H,6,9)(H,7,8)/i1D. The number of carbonyl (C=O) groups excluding carboxylic acids is 1. The van der Waals surface area contributed by atoms with Crippen molar-refractivity contribution >= 4 is 12.1 Å². The third-order valence-electron chi connectivity index (χ3n) is 0.776. The van der Waals surface area contributed by atoms with E-state index in [1.54, 1.807) is 0 Å². The number of nitrogens with one attached hydrogen (secondary N) is 1. The van der Waals surface area contributed by atoms with Gasteiger partial charge < -0.3 is 15.2 Å². The molecule has 0 aliphatic carbocycles. The third kappa shape index (κ3) is 2.91. The monoisotopic (exact) mass is 148 g/mol. The Kier molecular flexibility index (Phi) is 2.54. The summed E-state index contributed by atoms with van der Waals surface area (Å²) in [6.45, 7) is -0.412. The summed E-state index contributed by atoms with van der Waals surface area (Å²) in [6.07, 6.45) is -0.843. The number of rotatable bonds is 2. The summed E-state index contributed by atoms with van der Waals surface area (Å²) in [4.78, 5) is 20.6. The summed E-state index contributed by atoms with van der Waals surface area (Å²) >= 11 is 0. The zero-order valence-corrected chi connectivity index (χ0v) is 5.46. The highest BCUT2D eigenvalue weighted by Gasteiger charge is 2.12. The van der Waals surface area contributed by atoms with Crippen molar-refractivity contribution in [1.29, 1.82) is 0 Å². The highest BCUT2D eigenvalue weighted by Crippen LogP contribution is 1.81. The molecule has 0 aliphatic rings. The first-order chi connectivity index (χ1) is 5.11. The predicted octanol–water partition coefficient (Wildman–Crippen LogP) is -0.184. The molecular formula is C5H9NO4. The van der Waals surface area contributed by atoms with Gasteiger partial charge in [-0.25, -0.2) is 4.79 Å². The Morgan fingerprint density at radius 3 is 2.70 bits per heavy atom. The molecule has 1 atom stereocenters. The molecule has 0 aliphatic heterocycles. The summed E-state index contributed by atoms with van der Waals surface area (Å²) in [6, 6.07) is -1.19. The Hall–Kier alpha value is -1.26. The Balaban J connectivity index is 3.88. The number of hydrogen-bond acceptors (Lipinski definition) is 3. The van der Waals surface area contributed by atoms with Gasteiger partial charge in [0, 0.05) is 1.37 Å². The van der Waals surface area contributed by atoms with Crippen LogP contribution < -0.4 is 5.32 Å². The first-order valence-corrected chi connectivity index (χ1v) is 2.48. The molecule has 5 heteroatoms. The largest absolute Gasteiger partial charge is 0.480 e. The molecular weight excluding hydrogens is 138 g/mol. The van der Waals surface area contributed by atoms with Gasteiger partial charge >= 0.3 is 12.1 Å². The lowest BCUT2D eigenvalue weighted by Gasteiger charge is -2.06. The molecule has 0 bridgehead atoms. The Bertz CT molecular complexity index is 161. The van der Waals surface area contributed by atoms with E-state index in [2.05, 4.69) is 4.74 Å². The van der Waals surface area contributed by atoms with Crippen molar-refractivity contribution in [2.75, 3.05) is 7.11 Å². The van der Waals surface area contributed by atoms with E-state index in [0.717, 1.165) is 7.11 Å². The molecule has 5 nitrogen and oxygen atoms in total. The summed E-state index contributed by atoms with van der Waals surface area (Å²) in [5.41, 5.74) is 0. The average molecular weight is 148 g/mol. The van der Waals surface area contributed by atoms with E-state index in [4.69, 9.17) is 6.48 Å². The van der Waals surface area contributed by atoms with E-state index in [0.29, 0.717) is 0 Å². The van der Waals surface area contributed by atoms with Gasteiger partial charge in [0.05, 0.1) is 7.11 Å². The normalized spacial score (nSPS) is 13.1. The molecule has 0 spiro atoms. The van der Waals surface area contributed by atoms with Crippen LogP contribution in [0.3, 0.4) is 0 Å². The lowest BCUT2D eigenvalue weighted by molar-refractivity contribution is -0.138. The van der Waals surface area contributed by atoms with Crippen LogP contribution in [0.1, 0.15) is 8.27 Å². The number of carbonyl (C=O) groups is 2. The second kappa shape index (κ2) is 3.71. The molecule has 0 aromatic rings. The van der Waals surface area contributed by atoms with Gasteiger partial charge in [0.25, 0.3) is 0 Å². The Morgan fingerprint density at radius 1 is 1.80 bits per heavy atom. The fourth-order valence-corrected chi connectivity index (χ4v) is 0.263. The molecule has 0 aromatic heterocycles. The third-order valence-corrected chi connectivity index (χ3v) is 0.776. The van der Waals surface area contributed by atoms with Crippen molar-refractivity contribution in [1.82, 2.24) is 5.32 Å². The molecule has 10 heavy (non-hydrogen) atoms. The number of alkyl carbamates (subject to hydrolysis) is 1. The maximum atomic E-state index is 10.4. The van der Waals surface area contributed by atoms with Crippen molar-refractivity contribution in [3.8, 4) is 0 Å². The maximum Gasteiger partial charge on any atom is 0.407 e. The number of hydrogen-bond donors (Lipinski definition) is 2. The lowest BCUT2D eigenvalue weighted by Crippen LogP contribution is -2.38. The highest BCUT2D eigenvalue weighted by atomic mass is 16.5. The number of carboxylic acids is 1. The van der Waals surface area contributed by atoms with E-state index in [1.807, 2.05) is 5.32 Å². The SMILES string of the molecule is [2H]CC(NC(=O)OC)C(=O)O. The summed E-state index contributed by atoms with van der Waals surface area (Å²) in [5.74, 6) is -1.24. The Morgan fingerprint density at radius 2 is 2.40 bits per heavy atom. The van der Waals surface area contributed by atoms with Crippen LogP contribution in [-0.4, -0.2) is 30.3 Å². The molecule has 0 rings (SSSR count). The quantitative estimate of drug-likeness (QED) is 0.569. The van der Waals surface area contributed by atoms with Crippen LogP contribution in [-0.2, 0) is 9.53 Å². The molecule has 2 N–H and O–H groups in total. The smallest absolute Gasteiger partial charge is 0.407 e. The van der Waals surface area contributed by atoms with Gasteiger partial charge in [-0.3, -0.25) is 4.79 Å². The van der Waals surface area contributed by atoms with Gasteiger partial charge in [-0.05, 0) is 6.90 Å². The van der Waals surface area contributed by atoms with Crippen LogP contribution >= 0.6 is 0 Å². The van der Waals surface area contributed by atoms with E-state index in [1.165, 1.54) is 0 Å². The van der Waals surface area contributed by atoms with E-state index in [9.17, 15) is 9.59 Å². The number of aliphatic carboxylic acids is 1. The van der Waals surface area contributed by atoms with Crippen LogP contribution in [0.5, 0.6) is 0 Å². The molecule has 0 radical (unpaired) electrons. The minimum atomic E-state index is -1.24. The molecule has 58 valence electrons. The minimum absolute atomic E-state index is 0.412. The fourth-order valence-electron chi connectivity index (χ4n) is 0.263. The second-order valence-electron chi connectivity index (χ2n) is 1.53. The summed E-state index contributed by atoms with van der Waals surface area (Å²) < 4.78 is 10.8. The maximum absolute atomic E-state index is 10.4. The van der Waals surface area contributed by atoms with Crippen LogP contribution in [0.25, 0.3) is 0 Å². The summed E-state index contributed by atoms with van der Waals surface area (Å²) in [7, 11) is 1.12. The van der Waals surface area contributed by atoms with Crippen molar-refractivity contribution in [2.45, 2.75) is 12.9 Å². The van der Waals surface area contributed by atoms with E-state index in [-0.39, 0.29) is 0 Å². The molecule has 0 aromatic carbocycles. The van der Waals surface area contributed by atoms with Crippen LogP contribution in [0.15, 0.2) is 0 Å². The van der Waals surface area contributed by atoms with Gasteiger partial charge in [0.1, 0.15) is 6.04 Å². The molecule has 0 fully saturated rings. The van der Waals surface area contributed by atoms with Crippen molar-refractivity contribution in [3.05, 3.63) is 0 Å². The zero-order valence-electron chi connectivity index (χ0n) is 6.46. The van der Waals surface area contributed by atoms with Crippen molar-refractivity contribution in [2.24, 2.45) is 0 Å². The van der Waals surface area contributed by atoms with Gasteiger partial charge in [0.15, 0.2) is 0 Å². The number of ether oxygens (including phenoxy) is 1. The highest BCUT2D eigenvalue weighted by molar-refractivity contribution is 5.79. The molecule has 1 unspecified atom stereocenters. The summed E-state index contributed by atoms with van der Waals surface area (Å²) in [5, 5.41) is 10.3. The average Bonchev–Trinajstić information content (AvgIpc) is 1.99.